The molecule has 0 spiro atoms. The van der Waals surface area contributed by atoms with Crippen molar-refractivity contribution in [3.05, 3.63) is 51.2 Å². The van der Waals surface area contributed by atoms with Gasteiger partial charge in [-0.3, -0.25) is 0 Å². The van der Waals surface area contributed by atoms with E-state index in [1.54, 1.807) is 18.3 Å². The van der Waals surface area contributed by atoms with Crippen LogP contribution in [0.3, 0.4) is 0 Å². The van der Waals surface area contributed by atoms with Gasteiger partial charge < -0.3 is 5.32 Å². The van der Waals surface area contributed by atoms with Gasteiger partial charge in [0.15, 0.2) is 0 Å². The van der Waals surface area contributed by atoms with Crippen LogP contribution >= 0.6 is 11.3 Å². The zero-order valence-corrected chi connectivity index (χ0v) is 13.3. The number of benzene rings is 1. The second kappa shape index (κ2) is 6.02. The van der Waals surface area contributed by atoms with Gasteiger partial charge in [0.1, 0.15) is 5.82 Å². The molecular formula is C16H21FN2S. The predicted molar refractivity (Wildman–Crippen MR) is 82.5 cm³/mol. The third-order valence-electron chi connectivity index (χ3n) is 3.05. The van der Waals surface area contributed by atoms with Crippen LogP contribution in [-0.4, -0.2) is 4.98 Å². The quantitative estimate of drug-likeness (QED) is 0.914. The standard InChI is InChI=1S/C16H21FN2S/c1-11-7-12(5-6-14(11)17)8-18-9-13-10-19-15(20-13)16(2,3)4/h5-7,10,18H,8-9H2,1-4H3. The number of nitrogens with one attached hydrogen (secondary N) is 1. The van der Waals surface area contributed by atoms with Crippen LogP contribution in [0, 0.1) is 12.7 Å². The van der Waals surface area contributed by atoms with Gasteiger partial charge in [-0.25, -0.2) is 9.37 Å². The number of nitrogens with zero attached hydrogens (tertiary/aromatic N) is 1. The van der Waals surface area contributed by atoms with Crippen molar-refractivity contribution >= 4 is 11.3 Å². The van der Waals surface area contributed by atoms with Gasteiger partial charge in [-0.15, -0.1) is 11.3 Å². The summed E-state index contributed by atoms with van der Waals surface area (Å²) in [6, 6.07) is 5.23. The average Bonchev–Trinajstić information content (AvgIpc) is 2.82. The third-order valence-corrected chi connectivity index (χ3v) is 4.47. The fourth-order valence-corrected chi connectivity index (χ4v) is 2.82. The van der Waals surface area contributed by atoms with Crippen LogP contribution < -0.4 is 5.32 Å². The molecular weight excluding hydrogens is 271 g/mol. The van der Waals surface area contributed by atoms with Crippen molar-refractivity contribution in [3.8, 4) is 0 Å². The first-order chi connectivity index (χ1) is 9.36. The molecule has 108 valence electrons. The summed E-state index contributed by atoms with van der Waals surface area (Å²) in [5.74, 6) is -0.147. The number of aryl methyl sites for hydroxylation is 1. The summed E-state index contributed by atoms with van der Waals surface area (Å²) in [5, 5.41) is 4.54. The molecule has 0 radical (unpaired) electrons. The summed E-state index contributed by atoms with van der Waals surface area (Å²) >= 11 is 1.75. The van der Waals surface area contributed by atoms with Crippen LogP contribution in [0.15, 0.2) is 24.4 Å². The lowest BCUT2D eigenvalue weighted by atomic mass is 9.98. The summed E-state index contributed by atoms with van der Waals surface area (Å²) in [6.07, 6.45) is 1.94. The number of aromatic nitrogens is 1. The zero-order valence-electron chi connectivity index (χ0n) is 12.5. The Morgan fingerprint density at radius 1 is 1.25 bits per heavy atom. The normalized spacial score (nSPS) is 11.8. The topological polar surface area (TPSA) is 24.9 Å². The summed E-state index contributed by atoms with van der Waals surface area (Å²) in [7, 11) is 0. The lowest BCUT2D eigenvalue weighted by Crippen LogP contribution is -2.12. The molecule has 4 heteroatoms. The highest BCUT2D eigenvalue weighted by molar-refractivity contribution is 7.11. The SMILES string of the molecule is Cc1cc(CNCc2cnc(C(C)(C)C)s2)ccc1F. The van der Waals surface area contributed by atoms with Crippen molar-refractivity contribution in [2.75, 3.05) is 0 Å². The summed E-state index contributed by atoms with van der Waals surface area (Å²) in [6.45, 7) is 9.84. The average molecular weight is 292 g/mol. The molecule has 0 saturated heterocycles. The van der Waals surface area contributed by atoms with Crippen LogP contribution in [0.2, 0.25) is 0 Å². The zero-order chi connectivity index (χ0) is 14.8. The maximum absolute atomic E-state index is 13.2. The molecule has 0 bridgehead atoms. The van der Waals surface area contributed by atoms with E-state index in [2.05, 4.69) is 31.1 Å². The second-order valence-electron chi connectivity index (χ2n) is 6.07. The monoisotopic (exact) mass is 292 g/mol. The third kappa shape index (κ3) is 3.87. The first kappa shape index (κ1) is 15.1. The highest BCUT2D eigenvalue weighted by Crippen LogP contribution is 2.26. The van der Waals surface area contributed by atoms with E-state index in [1.807, 2.05) is 18.3 Å². The number of hydrogen-bond acceptors (Lipinski definition) is 3. The largest absolute Gasteiger partial charge is 0.308 e. The van der Waals surface area contributed by atoms with Gasteiger partial charge in [-0.2, -0.15) is 0 Å². The number of rotatable bonds is 4. The van der Waals surface area contributed by atoms with Gasteiger partial charge in [-0.1, -0.05) is 32.9 Å². The molecule has 1 aromatic heterocycles. The molecule has 1 heterocycles. The fourth-order valence-electron chi connectivity index (χ4n) is 1.88. The Bertz CT molecular complexity index is 584. The van der Waals surface area contributed by atoms with Crippen molar-refractivity contribution in [2.45, 2.75) is 46.2 Å². The Morgan fingerprint density at radius 2 is 2.00 bits per heavy atom. The van der Waals surface area contributed by atoms with Gasteiger partial charge in [0.05, 0.1) is 5.01 Å². The molecule has 2 rings (SSSR count). The molecule has 2 aromatic rings. The molecule has 0 aliphatic rings. The summed E-state index contributed by atoms with van der Waals surface area (Å²) in [5.41, 5.74) is 1.90. The minimum absolute atomic E-state index is 0.108. The fraction of sp³-hybridized carbons (Fsp3) is 0.438. The van der Waals surface area contributed by atoms with Crippen LogP contribution in [0.4, 0.5) is 4.39 Å². The van der Waals surface area contributed by atoms with E-state index in [0.717, 1.165) is 23.7 Å². The molecule has 1 aromatic carbocycles. The van der Waals surface area contributed by atoms with Gasteiger partial charge in [0.25, 0.3) is 0 Å². The molecule has 0 unspecified atom stereocenters. The van der Waals surface area contributed by atoms with Crippen molar-refractivity contribution in [3.63, 3.8) is 0 Å². The Hall–Kier alpha value is -1.26. The first-order valence-electron chi connectivity index (χ1n) is 6.77. The smallest absolute Gasteiger partial charge is 0.126 e. The van der Waals surface area contributed by atoms with Gasteiger partial charge in [0, 0.05) is 29.6 Å². The number of thiazole rings is 1. The highest BCUT2D eigenvalue weighted by Gasteiger charge is 2.17. The van der Waals surface area contributed by atoms with E-state index in [1.165, 1.54) is 10.9 Å². The number of halogens is 1. The Kier molecular flexibility index (Phi) is 4.55. The molecule has 0 fully saturated rings. The second-order valence-corrected chi connectivity index (χ2v) is 7.18. The van der Waals surface area contributed by atoms with Crippen LogP contribution in [0.5, 0.6) is 0 Å². The molecule has 0 aliphatic heterocycles. The lowest BCUT2D eigenvalue weighted by Gasteiger charge is -2.13. The first-order valence-corrected chi connectivity index (χ1v) is 7.59. The molecule has 2 nitrogen and oxygen atoms in total. The van der Waals surface area contributed by atoms with Gasteiger partial charge in [0.2, 0.25) is 0 Å². The summed E-state index contributed by atoms with van der Waals surface area (Å²) < 4.78 is 13.2. The Morgan fingerprint density at radius 3 is 2.60 bits per heavy atom. The van der Waals surface area contributed by atoms with E-state index in [4.69, 9.17) is 0 Å². The minimum Gasteiger partial charge on any atom is -0.308 e. The molecule has 20 heavy (non-hydrogen) atoms. The highest BCUT2D eigenvalue weighted by atomic mass is 32.1. The van der Waals surface area contributed by atoms with Crippen molar-refractivity contribution < 1.29 is 4.39 Å². The van der Waals surface area contributed by atoms with Crippen LogP contribution in [0.25, 0.3) is 0 Å². The maximum atomic E-state index is 13.2. The molecule has 0 atom stereocenters. The van der Waals surface area contributed by atoms with Crippen LogP contribution in [0.1, 0.15) is 41.8 Å². The minimum atomic E-state index is -0.147. The van der Waals surface area contributed by atoms with E-state index in [0.29, 0.717) is 5.56 Å². The van der Waals surface area contributed by atoms with E-state index in [-0.39, 0.29) is 11.2 Å². The molecule has 0 aliphatic carbocycles. The van der Waals surface area contributed by atoms with Gasteiger partial charge >= 0.3 is 0 Å². The molecule has 1 N–H and O–H groups in total. The Balaban J connectivity index is 1.89. The van der Waals surface area contributed by atoms with Crippen molar-refractivity contribution in [1.29, 1.82) is 0 Å². The van der Waals surface area contributed by atoms with E-state index < -0.39 is 0 Å². The lowest BCUT2D eigenvalue weighted by molar-refractivity contribution is 0.585. The Labute approximate surface area is 124 Å². The maximum Gasteiger partial charge on any atom is 0.126 e. The van der Waals surface area contributed by atoms with Crippen LogP contribution in [-0.2, 0) is 18.5 Å². The van der Waals surface area contributed by atoms with Crippen molar-refractivity contribution in [1.82, 2.24) is 10.3 Å². The summed E-state index contributed by atoms with van der Waals surface area (Å²) in [4.78, 5) is 5.70. The predicted octanol–water partition coefficient (Wildman–Crippen LogP) is 4.18. The molecule has 0 saturated carbocycles. The molecule has 0 amide bonds. The van der Waals surface area contributed by atoms with E-state index >= 15 is 0 Å². The van der Waals surface area contributed by atoms with Crippen molar-refractivity contribution in [2.24, 2.45) is 0 Å². The van der Waals surface area contributed by atoms with E-state index in [9.17, 15) is 4.39 Å². The number of hydrogen-bond donors (Lipinski definition) is 1. The van der Waals surface area contributed by atoms with Gasteiger partial charge in [-0.05, 0) is 24.1 Å².